The highest BCUT2D eigenvalue weighted by Crippen LogP contribution is 2.35. The number of rotatable bonds is 9. The average molecular weight is 974 g/mol. The van der Waals surface area contributed by atoms with Crippen molar-refractivity contribution in [3.05, 3.63) is 234 Å². The van der Waals surface area contributed by atoms with E-state index in [1.807, 2.05) is 91.0 Å². The molecular weight excluding hydrogens is 931 g/mol. The fraction of sp³-hybridized carbons (Fsp3) is 0.0323. The van der Waals surface area contributed by atoms with Gasteiger partial charge in [-0.05, 0) is 120 Å². The molecule has 12 heteroatoms. The van der Waals surface area contributed by atoms with Crippen LogP contribution in [0.1, 0.15) is 42.2 Å². The van der Waals surface area contributed by atoms with Crippen LogP contribution in [0.3, 0.4) is 0 Å². The zero-order chi connectivity index (χ0) is 51.3. The molecule has 0 radical (unpaired) electrons. The SMILES string of the molecule is Cc1ccc(-c2ccc3c(-c4ccc(C(=O)O)cc4)noc3c2)cc1.Cc1ccc(-c2ccc3c(-c4cccc(C(=O)O)c4)noc3c2)cc1.O=C(O)c1ccc(-c2noc3cc(-c4ccccc4)ccc23)cc1. The van der Waals surface area contributed by atoms with Gasteiger partial charge in [0.25, 0.3) is 0 Å². The molecule has 74 heavy (non-hydrogen) atoms. The Labute approximate surface area is 423 Å². The normalized spacial score (nSPS) is 10.9. The Morgan fingerprint density at radius 2 is 0.635 bits per heavy atom. The summed E-state index contributed by atoms with van der Waals surface area (Å²) in [5, 5.41) is 42.3. The number of aromatic nitrogens is 3. The van der Waals surface area contributed by atoms with Crippen LogP contribution in [0.2, 0.25) is 0 Å². The zero-order valence-corrected chi connectivity index (χ0v) is 39.8. The number of nitrogens with zero attached hydrogens (tertiary/aromatic N) is 3. The van der Waals surface area contributed by atoms with Gasteiger partial charge >= 0.3 is 17.9 Å². The summed E-state index contributed by atoms with van der Waals surface area (Å²) in [6, 6.07) is 64.5. The Hall–Kier alpha value is -10.2. The summed E-state index contributed by atoms with van der Waals surface area (Å²) >= 11 is 0. The van der Waals surface area contributed by atoms with Crippen molar-refractivity contribution in [2.24, 2.45) is 0 Å². The van der Waals surface area contributed by atoms with Crippen LogP contribution in [-0.2, 0) is 0 Å². The Balaban J connectivity index is 0.000000127. The number of benzene rings is 9. The van der Waals surface area contributed by atoms with Crippen LogP contribution in [0.25, 0.3) is 100 Å². The molecule has 360 valence electrons. The van der Waals surface area contributed by atoms with E-state index in [-0.39, 0.29) is 16.7 Å². The first-order valence-corrected chi connectivity index (χ1v) is 23.3. The lowest BCUT2D eigenvalue weighted by Crippen LogP contribution is -1.95. The largest absolute Gasteiger partial charge is 0.478 e. The summed E-state index contributed by atoms with van der Waals surface area (Å²) in [4.78, 5) is 33.1. The lowest BCUT2D eigenvalue weighted by Gasteiger charge is -2.03. The summed E-state index contributed by atoms with van der Waals surface area (Å²) in [6.45, 7) is 4.12. The number of carbonyl (C=O) groups is 3. The van der Waals surface area contributed by atoms with E-state index in [9.17, 15) is 14.4 Å². The van der Waals surface area contributed by atoms with Gasteiger partial charge in [0.05, 0.1) is 16.7 Å². The molecule has 12 aromatic rings. The minimum Gasteiger partial charge on any atom is -0.478 e. The molecule has 0 aliphatic carbocycles. The molecule has 0 spiro atoms. The van der Waals surface area contributed by atoms with E-state index in [1.54, 1.807) is 66.7 Å². The molecule has 3 heterocycles. The third kappa shape index (κ3) is 10.2. The molecule has 0 atom stereocenters. The number of aromatic carboxylic acids is 3. The van der Waals surface area contributed by atoms with Gasteiger partial charge in [-0.1, -0.05) is 160 Å². The van der Waals surface area contributed by atoms with E-state index < -0.39 is 17.9 Å². The number of carboxylic acid groups (broad SMARTS) is 3. The van der Waals surface area contributed by atoms with Gasteiger partial charge in [0.1, 0.15) is 17.1 Å². The summed E-state index contributed by atoms with van der Waals surface area (Å²) in [5.74, 6) is -2.85. The van der Waals surface area contributed by atoms with Crippen molar-refractivity contribution in [2.75, 3.05) is 0 Å². The van der Waals surface area contributed by atoms with Crippen LogP contribution in [-0.4, -0.2) is 48.7 Å². The van der Waals surface area contributed by atoms with Crippen LogP contribution < -0.4 is 0 Å². The predicted molar refractivity (Wildman–Crippen MR) is 285 cm³/mol. The summed E-state index contributed by atoms with van der Waals surface area (Å²) in [7, 11) is 0. The third-order valence-electron chi connectivity index (χ3n) is 12.5. The Bertz CT molecular complexity index is 3990. The van der Waals surface area contributed by atoms with Gasteiger partial charge in [0.2, 0.25) is 0 Å². The molecule has 3 aromatic heterocycles. The average Bonchev–Trinajstić information content (AvgIpc) is 4.19. The van der Waals surface area contributed by atoms with Crippen LogP contribution in [0.4, 0.5) is 0 Å². The Morgan fingerprint density at radius 1 is 0.311 bits per heavy atom. The minimum atomic E-state index is -0.962. The summed E-state index contributed by atoms with van der Waals surface area (Å²) in [5.41, 5.74) is 16.2. The van der Waals surface area contributed by atoms with Crippen LogP contribution in [0, 0.1) is 13.8 Å². The van der Waals surface area contributed by atoms with Crippen LogP contribution in [0.15, 0.2) is 220 Å². The molecule has 0 amide bonds. The molecule has 0 fully saturated rings. The van der Waals surface area contributed by atoms with Crippen molar-refractivity contribution in [3.8, 4) is 67.2 Å². The van der Waals surface area contributed by atoms with Crippen molar-refractivity contribution in [2.45, 2.75) is 13.8 Å². The second-order valence-electron chi connectivity index (χ2n) is 17.5. The lowest BCUT2D eigenvalue weighted by molar-refractivity contribution is 0.0686. The Kier molecular flexibility index (Phi) is 13.2. The summed E-state index contributed by atoms with van der Waals surface area (Å²) in [6.07, 6.45) is 0. The predicted octanol–water partition coefficient (Wildman–Crippen LogP) is 15.2. The molecule has 0 aliphatic rings. The fourth-order valence-corrected chi connectivity index (χ4v) is 8.44. The second kappa shape index (κ2) is 20.6. The second-order valence-corrected chi connectivity index (χ2v) is 17.5. The van der Waals surface area contributed by atoms with Crippen molar-refractivity contribution >= 4 is 50.8 Å². The molecule has 0 aliphatic heterocycles. The fourth-order valence-electron chi connectivity index (χ4n) is 8.44. The molecular formula is C62H43N3O9. The van der Waals surface area contributed by atoms with E-state index in [4.69, 9.17) is 28.9 Å². The van der Waals surface area contributed by atoms with Crippen molar-refractivity contribution in [1.29, 1.82) is 0 Å². The van der Waals surface area contributed by atoms with Gasteiger partial charge in [-0.3, -0.25) is 0 Å². The topological polar surface area (TPSA) is 190 Å². The number of carboxylic acids is 3. The first kappa shape index (κ1) is 47.5. The molecule has 0 saturated carbocycles. The molecule has 0 unspecified atom stereocenters. The molecule has 9 aromatic carbocycles. The molecule has 12 nitrogen and oxygen atoms in total. The minimum absolute atomic E-state index is 0.227. The van der Waals surface area contributed by atoms with Gasteiger partial charge in [0.15, 0.2) is 16.7 Å². The van der Waals surface area contributed by atoms with Gasteiger partial charge in [-0.25, -0.2) is 14.4 Å². The molecule has 0 saturated heterocycles. The monoisotopic (exact) mass is 973 g/mol. The maximum absolute atomic E-state index is 11.2. The quantitative estimate of drug-likeness (QED) is 0.124. The van der Waals surface area contributed by atoms with Gasteiger partial charge in [-0.2, -0.15) is 0 Å². The van der Waals surface area contributed by atoms with Crippen molar-refractivity contribution in [1.82, 2.24) is 15.5 Å². The van der Waals surface area contributed by atoms with Crippen LogP contribution in [0.5, 0.6) is 0 Å². The van der Waals surface area contributed by atoms with Gasteiger partial charge in [-0.15, -0.1) is 0 Å². The van der Waals surface area contributed by atoms with Gasteiger partial charge in [0, 0.05) is 32.8 Å². The highest BCUT2D eigenvalue weighted by atomic mass is 16.5. The van der Waals surface area contributed by atoms with E-state index in [0.29, 0.717) is 33.8 Å². The lowest BCUT2D eigenvalue weighted by atomic mass is 10.0. The first-order valence-electron chi connectivity index (χ1n) is 23.3. The zero-order valence-electron chi connectivity index (χ0n) is 39.8. The number of hydrogen-bond donors (Lipinski definition) is 3. The van der Waals surface area contributed by atoms with E-state index in [0.717, 1.165) is 66.2 Å². The smallest absolute Gasteiger partial charge is 0.335 e. The van der Waals surface area contributed by atoms with Crippen molar-refractivity contribution < 1.29 is 43.3 Å². The summed E-state index contributed by atoms with van der Waals surface area (Å²) < 4.78 is 16.5. The van der Waals surface area contributed by atoms with E-state index >= 15 is 0 Å². The maximum atomic E-state index is 11.2. The van der Waals surface area contributed by atoms with Gasteiger partial charge < -0.3 is 28.9 Å². The van der Waals surface area contributed by atoms with E-state index in [2.05, 4.69) is 77.8 Å². The highest BCUT2D eigenvalue weighted by Gasteiger charge is 2.16. The van der Waals surface area contributed by atoms with Crippen LogP contribution >= 0.6 is 0 Å². The molecule has 12 rings (SSSR count). The molecule has 0 bridgehead atoms. The van der Waals surface area contributed by atoms with E-state index in [1.165, 1.54) is 11.1 Å². The highest BCUT2D eigenvalue weighted by molar-refractivity contribution is 5.98. The number of fused-ring (bicyclic) bond motifs is 3. The third-order valence-corrected chi connectivity index (χ3v) is 12.5. The number of aryl methyl sites for hydroxylation is 2. The standard InChI is InChI=1S/2C21H15NO3.C20H13NO3/c1-13-2-4-14(5-3-13)17-10-11-18-19(12-17)25-22-20(18)15-6-8-16(9-7-15)21(23)24;1-13-5-7-14(8-6-13)15-9-10-18-19(12-15)25-22-20(18)16-3-2-4-17(11-16)21(23)24;22-20(23)15-8-6-14(7-9-15)19-17-11-10-16(12-18(17)24-21-19)13-4-2-1-3-5-13/h2*2-12H,1H3,(H,23,24);1-12H,(H,22,23). The maximum Gasteiger partial charge on any atom is 0.335 e. The Morgan fingerprint density at radius 3 is 1.01 bits per heavy atom. The molecule has 3 N–H and O–H groups in total. The van der Waals surface area contributed by atoms with Crippen molar-refractivity contribution in [3.63, 3.8) is 0 Å². The number of hydrogen-bond acceptors (Lipinski definition) is 9. The first-order chi connectivity index (χ1) is 35.9.